The fourth-order valence-corrected chi connectivity index (χ4v) is 2.69. The van der Waals surface area contributed by atoms with Gasteiger partial charge in [0.15, 0.2) is 5.65 Å². The molecule has 2 heterocycles. The number of nitrogens with zero attached hydrogens (tertiary/aromatic N) is 3. The summed E-state index contributed by atoms with van der Waals surface area (Å²) in [7, 11) is -3.84. The molecule has 0 saturated heterocycles. The first kappa shape index (κ1) is 14.4. The molecule has 0 aliphatic carbocycles. The van der Waals surface area contributed by atoms with Gasteiger partial charge < -0.3 is 0 Å². The van der Waals surface area contributed by atoms with Crippen LogP contribution >= 0.6 is 0 Å². The number of carbonyl (C=O) groups excluding carboxylic acids is 1. The van der Waals surface area contributed by atoms with E-state index in [1.807, 2.05) is 4.72 Å². The second-order valence-corrected chi connectivity index (χ2v) is 5.99. The summed E-state index contributed by atoms with van der Waals surface area (Å²) in [5.74, 6) is -1.24. The molecule has 0 saturated carbocycles. The van der Waals surface area contributed by atoms with E-state index in [4.69, 9.17) is 0 Å². The van der Waals surface area contributed by atoms with Crippen molar-refractivity contribution < 1.29 is 17.6 Å². The lowest BCUT2D eigenvalue weighted by molar-refractivity contribution is 0.0979. The van der Waals surface area contributed by atoms with Crippen LogP contribution in [0.3, 0.4) is 0 Å². The van der Waals surface area contributed by atoms with Crippen molar-refractivity contribution >= 4 is 21.6 Å². The van der Waals surface area contributed by atoms with Crippen LogP contribution in [-0.4, -0.2) is 41.4 Å². The number of rotatable bonds is 5. The number of sulfonamides is 1. The van der Waals surface area contributed by atoms with Crippen molar-refractivity contribution in [3.05, 3.63) is 29.7 Å². The lowest BCUT2D eigenvalue weighted by Crippen LogP contribution is -2.33. The van der Waals surface area contributed by atoms with Crippen molar-refractivity contribution in [2.45, 2.75) is 13.3 Å². The van der Waals surface area contributed by atoms with Crippen LogP contribution in [0.4, 0.5) is 4.39 Å². The Hall–Kier alpha value is -2.03. The summed E-state index contributed by atoms with van der Waals surface area (Å²) in [4.78, 5) is 15.9. The summed E-state index contributed by atoms with van der Waals surface area (Å²) >= 11 is 0. The van der Waals surface area contributed by atoms with E-state index >= 15 is 0 Å². The number of amides is 1. The van der Waals surface area contributed by atoms with Gasteiger partial charge in [-0.25, -0.2) is 22.6 Å². The molecule has 108 valence electrons. The zero-order chi connectivity index (χ0) is 14.8. The second kappa shape index (κ2) is 5.53. The largest absolute Gasteiger partial charge is 0.268 e. The minimum absolute atomic E-state index is 0.102. The van der Waals surface area contributed by atoms with Gasteiger partial charge in [0.2, 0.25) is 10.0 Å². The standard InChI is InChI=1S/C11H13FN4O3S/c1-8-9(7-13-10-3-5-14-16(8)10)11(17)15-20(18,19)6-2-4-12/h3,5,7H,2,4,6H2,1H3,(H,15,17). The Morgan fingerprint density at radius 1 is 1.50 bits per heavy atom. The number of alkyl halides is 1. The Balaban J connectivity index is 2.25. The molecule has 9 heteroatoms. The Morgan fingerprint density at radius 3 is 2.95 bits per heavy atom. The third-order valence-electron chi connectivity index (χ3n) is 2.70. The molecular formula is C11H13FN4O3S. The Labute approximate surface area is 114 Å². The van der Waals surface area contributed by atoms with Crippen molar-refractivity contribution in [2.24, 2.45) is 0 Å². The zero-order valence-electron chi connectivity index (χ0n) is 10.7. The van der Waals surface area contributed by atoms with E-state index < -0.39 is 28.4 Å². The van der Waals surface area contributed by atoms with Gasteiger partial charge in [-0.15, -0.1) is 0 Å². The number of carbonyl (C=O) groups is 1. The van der Waals surface area contributed by atoms with Crippen LogP contribution < -0.4 is 4.72 Å². The second-order valence-electron chi connectivity index (χ2n) is 4.15. The molecule has 0 atom stereocenters. The number of hydrogen-bond donors (Lipinski definition) is 1. The van der Waals surface area contributed by atoms with E-state index in [0.29, 0.717) is 11.3 Å². The van der Waals surface area contributed by atoms with Gasteiger partial charge in [-0.05, 0) is 13.3 Å². The van der Waals surface area contributed by atoms with Crippen LogP contribution in [0.15, 0.2) is 18.5 Å². The smallest absolute Gasteiger partial charge is 0.268 e. The van der Waals surface area contributed by atoms with Crippen LogP contribution in [0, 0.1) is 6.92 Å². The highest BCUT2D eigenvalue weighted by Gasteiger charge is 2.19. The number of aromatic nitrogens is 3. The molecule has 0 spiro atoms. The van der Waals surface area contributed by atoms with Crippen molar-refractivity contribution in [3.63, 3.8) is 0 Å². The molecule has 2 aromatic rings. The summed E-state index contributed by atoms with van der Waals surface area (Å²) in [6, 6.07) is 1.66. The zero-order valence-corrected chi connectivity index (χ0v) is 11.5. The van der Waals surface area contributed by atoms with E-state index in [1.165, 1.54) is 16.9 Å². The molecular weight excluding hydrogens is 287 g/mol. The van der Waals surface area contributed by atoms with Crippen LogP contribution in [0.5, 0.6) is 0 Å². The quantitative estimate of drug-likeness (QED) is 0.865. The van der Waals surface area contributed by atoms with Crippen LogP contribution in [0.1, 0.15) is 22.5 Å². The Kier molecular flexibility index (Phi) is 3.98. The third-order valence-corrected chi connectivity index (χ3v) is 4.02. The maximum Gasteiger partial charge on any atom is 0.268 e. The highest BCUT2D eigenvalue weighted by Crippen LogP contribution is 2.09. The molecule has 0 unspecified atom stereocenters. The van der Waals surface area contributed by atoms with Gasteiger partial charge in [0.25, 0.3) is 5.91 Å². The van der Waals surface area contributed by atoms with Crippen molar-refractivity contribution in [1.82, 2.24) is 19.3 Å². The number of aryl methyl sites for hydroxylation is 1. The predicted octanol–water partition coefficient (Wildman–Crippen LogP) is 0.457. The monoisotopic (exact) mass is 300 g/mol. The molecule has 7 nitrogen and oxygen atoms in total. The molecule has 0 aliphatic rings. The molecule has 0 aromatic carbocycles. The van der Waals surface area contributed by atoms with Gasteiger partial charge in [0.05, 0.1) is 29.9 Å². The molecule has 1 amide bonds. The first-order valence-electron chi connectivity index (χ1n) is 5.85. The first-order chi connectivity index (χ1) is 9.44. The van der Waals surface area contributed by atoms with Gasteiger partial charge >= 0.3 is 0 Å². The van der Waals surface area contributed by atoms with Crippen LogP contribution in [0.25, 0.3) is 5.65 Å². The maximum absolute atomic E-state index is 12.0. The number of hydrogen-bond acceptors (Lipinski definition) is 5. The van der Waals surface area contributed by atoms with Crippen molar-refractivity contribution in [2.75, 3.05) is 12.4 Å². The maximum atomic E-state index is 12.0. The highest BCUT2D eigenvalue weighted by atomic mass is 32.2. The molecule has 20 heavy (non-hydrogen) atoms. The topological polar surface area (TPSA) is 93.4 Å². The van der Waals surface area contributed by atoms with Gasteiger partial charge in [0, 0.05) is 12.3 Å². The van der Waals surface area contributed by atoms with E-state index in [9.17, 15) is 17.6 Å². The number of halogens is 1. The summed E-state index contributed by atoms with van der Waals surface area (Å²) in [6.45, 7) is 0.875. The van der Waals surface area contributed by atoms with Crippen LogP contribution in [0.2, 0.25) is 0 Å². The van der Waals surface area contributed by atoms with Crippen molar-refractivity contribution in [1.29, 1.82) is 0 Å². The van der Waals surface area contributed by atoms with E-state index in [1.54, 1.807) is 13.0 Å². The third kappa shape index (κ3) is 2.93. The van der Waals surface area contributed by atoms with Crippen LogP contribution in [-0.2, 0) is 10.0 Å². The lowest BCUT2D eigenvalue weighted by Gasteiger charge is -2.08. The number of fused-ring (bicyclic) bond motifs is 1. The van der Waals surface area contributed by atoms with Gasteiger partial charge in [-0.1, -0.05) is 0 Å². The van der Waals surface area contributed by atoms with E-state index in [2.05, 4.69) is 10.1 Å². The van der Waals surface area contributed by atoms with Gasteiger partial charge in [-0.2, -0.15) is 5.10 Å². The van der Waals surface area contributed by atoms with Crippen molar-refractivity contribution in [3.8, 4) is 0 Å². The van der Waals surface area contributed by atoms with E-state index in [0.717, 1.165) is 0 Å². The highest BCUT2D eigenvalue weighted by molar-refractivity contribution is 7.90. The average molecular weight is 300 g/mol. The lowest BCUT2D eigenvalue weighted by atomic mass is 10.2. The molecule has 1 N–H and O–H groups in total. The normalized spacial score (nSPS) is 11.7. The average Bonchev–Trinajstić information content (AvgIpc) is 2.85. The molecule has 2 aromatic heterocycles. The molecule has 0 radical (unpaired) electrons. The minimum Gasteiger partial charge on any atom is -0.268 e. The van der Waals surface area contributed by atoms with Gasteiger partial charge in [-0.3, -0.25) is 9.18 Å². The molecule has 0 aliphatic heterocycles. The fraction of sp³-hybridized carbons (Fsp3) is 0.364. The Bertz CT molecular complexity index is 741. The molecule has 0 bridgehead atoms. The first-order valence-corrected chi connectivity index (χ1v) is 7.50. The summed E-state index contributed by atoms with van der Waals surface area (Å²) < 4.78 is 38.4. The minimum atomic E-state index is -3.84. The summed E-state index contributed by atoms with van der Waals surface area (Å²) in [6.07, 6.45) is 2.65. The molecule has 2 rings (SSSR count). The fourth-order valence-electron chi connectivity index (χ4n) is 1.71. The summed E-state index contributed by atoms with van der Waals surface area (Å²) in [5.41, 5.74) is 1.13. The predicted molar refractivity (Wildman–Crippen MR) is 69.6 cm³/mol. The summed E-state index contributed by atoms with van der Waals surface area (Å²) in [5, 5.41) is 3.98. The van der Waals surface area contributed by atoms with Gasteiger partial charge in [0.1, 0.15) is 0 Å². The molecule has 0 fully saturated rings. The SMILES string of the molecule is Cc1c(C(=O)NS(=O)(=O)CCCF)cnc2ccnn12. The van der Waals surface area contributed by atoms with E-state index in [-0.39, 0.29) is 12.0 Å². The number of nitrogens with one attached hydrogen (secondary N) is 1. The Morgan fingerprint density at radius 2 is 2.25 bits per heavy atom.